The van der Waals surface area contributed by atoms with Gasteiger partial charge in [-0.2, -0.15) is 0 Å². The molecule has 1 N–H and O–H groups in total. The molecule has 0 radical (unpaired) electrons. The van der Waals surface area contributed by atoms with E-state index in [0.717, 1.165) is 32.4 Å². The SMILES string of the molecule is CCCN(CC(=O)O)C(=O)N1CCC2(CCCC2)CC1. The molecule has 0 atom stereocenters. The topological polar surface area (TPSA) is 60.9 Å². The number of carboxylic acid groups (broad SMARTS) is 1. The molecular formula is C15H26N2O3. The number of carboxylic acids is 1. The van der Waals surface area contributed by atoms with Crippen molar-refractivity contribution in [2.45, 2.75) is 51.9 Å². The number of carbonyl (C=O) groups is 2. The summed E-state index contributed by atoms with van der Waals surface area (Å²) in [5.41, 5.74) is 0.485. The van der Waals surface area contributed by atoms with E-state index in [1.54, 1.807) is 0 Å². The predicted molar refractivity (Wildman–Crippen MR) is 76.6 cm³/mol. The number of amides is 2. The highest BCUT2D eigenvalue weighted by Crippen LogP contribution is 2.46. The van der Waals surface area contributed by atoms with E-state index in [1.807, 2.05) is 11.8 Å². The Morgan fingerprint density at radius 3 is 2.25 bits per heavy atom. The molecule has 5 nitrogen and oxygen atoms in total. The largest absolute Gasteiger partial charge is 0.480 e. The fourth-order valence-corrected chi connectivity index (χ4v) is 3.67. The molecule has 2 aliphatic rings. The normalized spacial score (nSPS) is 21.1. The summed E-state index contributed by atoms with van der Waals surface area (Å²) in [4.78, 5) is 26.6. The monoisotopic (exact) mass is 282 g/mol. The molecule has 1 saturated carbocycles. The highest BCUT2D eigenvalue weighted by atomic mass is 16.4. The van der Waals surface area contributed by atoms with Crippen LogP contribution in [0.4, 0.5) is 4.79 Å². The second kappa shape index (κ2) is 6.46. The number of aliphatic carboxylic acids is 1. The second-order valence-electron chi connectivity index (χ2n) is 6.29. The second-order valence-corrected chi connectivity index (χ2v) is 6.29. The molecule has 0 bridgehead atoms. The van der Waals surface area contributed by atoms with Crippen molar-refractivity contribution < 1.29 is 14.7 Å². The molecule has 1 aliphatic heterocycles. The summed E-state index contributed by atoms with van der Waals surface area (Å²) in [5, 5.41) is 8.91. The van der Waals surface area contributed by atoms with Gasteiger partial charge < -0.3 is 14.9 Å². The third-order valence-electron chi connectivity index (χ3n) is 4.85. The zero-order chi connectivity index (χ0) is 14.6. The average molecular weight is 282 g/mol. The molecule has 1 heterocycles. The van der Waals surface area contributed by atoms with Gasteiger partial charge in [0.1, 0.15) is 6.54 Å². The number of likely N-dealkylation sites (tertiary alicyclic amines) is 1. The Bertz CT molecular complexity index is 354. The Morgan fingerprint density at radius 1 is 1.15 bits per heavy atom. The maximum absolute atomic E-state index is 12.4. The molecule has 0 aromatic rings. The van der Waals surface area contributed by atoms with Gasteiger partial charge in [-0.15, -0.1) is 0 Å². The number of carbonyl (C=O) groups excluding carboxylic acids is 1. The van der Waals surface area contributed by atoms with E-state index in [0.29, 0.717) is 12.0 Å². The van der Waals surface area contributed by atoms with E-state index in [2.05, 4.69) is 0 Å². The Hall–Kier alpha value is -1.26. The highest BCUT2D eigenvalue weighted by molar-refractivity contribution is 5.80. The number of hydrogen-bond acceptors (Lipinski definition) is 2. The minimum atomic E-state index is -0.934. The predicted octanol–water partition coefficient (Wildman–Crippen LogP) is 2.56. The van der Waals surface area contributed by atoms with Crippen LogP contribution in [0, 0.1) is 5.41 Å². The van der Waals surface area contributed by atoms with Crippen molar-refractivity contribution in [1.29, 1.82) is 0 Å². The van der Waals surface area contributed by atoms with E-state index in [1.165, 1.54) is 30.6 Å². The van der Waals surface area contributed by atoms with Gasteiger partial charge >= 0.3 is 12.0 Å². The molecular weight excluding hydrogens is 256 g/mol. The van der Waals surface area contributed by atoms with E-state index in [4.69, 9.17) is 5.11 Å². The number of hydrogen-bond donors (Lipinski definition) is 1. The standard InChI is InChI=1S/C15H26N2O3/c1-2-9-17(12-13(18)19)14(20)16-10-7-15(8-11-16)5-3-4-6-15/h2-12H2,1H3,(H,18,19). The van der Waals surface area contributed by atoms with Crippen molar-refractivity contribution in [3.05, 3.63) is 0 Å². The van der Waals surface area contributed by atoms with Crippen LogP contribution in [-0.4, -0.2) is 53.1 Å². The zero-order valence-electron chi connectivity index (χ0n) is 12.4. The summed E-state index contributed by atoms with van der Waals surface area (Å²) in [6.07, 6.45) is 8.24. The van der Waals surface area contributed by atoms with Gasteiger partial charge in [-0.1, -0.05) is 19.8 Å². The van der Waals surface area contributed by atoms with Gasteiger partial charge in [0.05, 0.1) is 0 Å². The van der Waals surface area contributed by atoms with Gasteiger partial charge in [-0.3, -0.25) is 4.79 Å². The zero-order valence-corrected chi connectivity index (χ0v) is 12.4. The summed E-state index contributed by atoms with van der Waals surface area (Å²) >= 11 is 0. The van der Waals surface area contributed by atoms with Crippen molar-refractivity contribution in [3.8, 4) is 0 Å². The lowest BCUT2D eigenvalue weighted by Crippen LogP contribution is -2.50. The number of urea groups is 1. The maximum atomic E-state index is 12.4. The van der Waals surface area contributed by atoms with Crippen molar-refractivity contribution in [2.75, 3.05) is 26.2 Å². The molecule has 1 aliphatic carbocycles. The fourth-order valence-electron chi connectivity index (χ4n) is 3.67. The van der Waals surface area contributed by atoms with Crippen molar-refractivity contribution in [3.63, 3.8) is 0 Å². The fraction of sp³-hybridized carbons (Fsp3) is 0.867. The van der Waals surface area contributed by atoms with E-state index in [-0.39, 0.29) is 12.6 Å². The molecule has 5 heteroatoms. The molecule has 1 saturated heterocycles. The molecule has 2 fully saturated rings. The minimum absolute atomic E-state index is 0.0953. The van der Waals surface area contributed by atoms with Crippen molar-refractivity contribution >= 4 is 12.0 Å². The van der Waals surface area contributed by atoms with Crippen LogP contribution in [0.2, 0.25) is 0 Å². The Labute approximate surface area is 120 Å². The number of rotatable bonds is 4. The first-order valence-electron chi connectivity index (χ1n) is 7.82. The van der Waals surface area contributed by atoms with Gasteiger partial charge in [0.25, 0.3) is 0 Å². The van der Waals surface area contributed by atoms with Crippen LogP contribution in [0.15, 0.2) is 0 Å². The lowest BCUT2D eigenvalue weighted by molar-refractivity contribution is -0.137. The summed E-state index contributed by atoms with van der Waals surface area (Å²) in [6, 6.07) is -0.0953. The quantitative estimate of drug-likeness (QED) is 0.862. The third kappa shape index (κ3) is 3.44. The minimum Gasteiger partial charge on any atom is -0.480 e. The summed E-state index contributed by atoms with van der Waals surface area (Å²) < 4.78 is 0. The van der Waals surface area contributed by atoms with Gasteiger partial charge in [-0.05, 0) is 37.5 Å². The molecule has 0 unspecified atom stereocenters. The smallest absolute Gasteiger partial charge is 0.323 e. The van der Waals surface area contributed by atoms with Crippen LogP contribution in [0.3, 0.4) is 0 Å². The van der Waals surface area contributed by atoms with Gasteiger partial charge in [-0.25, -0.2) is 4.79 Å². The van der Waals surface area contributed by atoms with Crippen LogP contribution in [0.25, 0.3) is 0 Å². The van der Waals surface area contributed by atoms with E-state index >= 15 is 0 Å². The van der Waals surface area contributed by atoms with Gasteiger partial charge in [0.15, 0.2) is 0 Å². The van der Waals surface area contributed by atoms with Crippen molar-refractivity contribution in [1.82, 2.24) is 9.80 Å². The third-order valence-corrected chi connectivity index (χ3v) is 4.85. The average Bonchev–Trinajstić information content (AvgIpc) is 2.86. The van der Waals surface area contributed by atoms with Crippen LogP contribution in [-0.2, 0) is 4.79 Å². The molecule has 0 aromatic carbocycles. The van der Waals surface area contributed by atoms with Crippen LogP contribution < -0.4 is 0 Å². The molecule has 20 heavy (non-hydrogen) atoms. The molecule has 114 valence electrons. The van der Waals surface area contributed by atoms with Crippen molar-refractivity contribution in [2.24, 2.45) is 5.41 Å². The summed E-state index contributed by atoms with van der Waals surface area (Å²) in [6.45, 7) is 3.88. The Morgan fingerprint density at radius 2 is 1.75 bits per heavy atom. The highest BCUT2D eigenvalue weighted by Gasteiger charge is 2.38. The first-order chi connectivity index (χ1) is 9.56. The molecule has 0 aromatic heterocycles. The molecule has 2 rings (SSSR count). The molecule has 1 spiro atoms. The molecule has 2 amide bonds. The number of nitrogens with zero attached hydrogens (tertiary/aromatic N) is 2. The summed E-state index contributed by atoms with van der Waals surface area (Å²) in [5.74, 6) is -0.934. The van der Waals surface area contributed by atoms with Gasteiger partial charge in [0.2, 0.25) is 0 Å². The van der Waals surface area contributed by atoms with E-state index in [9.17, 15) is 9.59 Å². The maximum Gasteiger partial charge on any atom is 0.323 e. The van der Waals surface area contributed by atoms with Crippen LogP contribution >= 0.6 is 0 Å². The van der Waals surface area contributed by atoms with Crippen LogP contribution in [0.5, 0.6) is 0 Å². The Balaban J connectivity index is 1.90. The first kappa shape index (κ1) is 15.1. The van der Waals surface area contributed by atoms with Crippen LogP contribution in [0.1, 0.15) is 51.9 Å². The van der Waals surface area contributed by atoms with Gasteiger partial charge in [0, 0.05) is 19.6 Å². The van der Waals surface area contributed by atoms with E-state index < -0.39 is 5.97 Å². The first-order valence-corrected chi connectivity index (χ1v) is 7.82. The lowest BCUT2D eigenvalue weighted by atomic mass is 9.77. The lowest BCUT2D eigenvalue weighted by Gasteiger charge is -2.41. The number of piperidine rings is 1. The summed E-state index contributed by atoms with van der Waals surface area (Å²) in [7, 11) is 0. The Kier molecular flexibility index (Phi) is 4.89.